The van der Waals surface area contributed by atoms with Crippen molar-refractivity contribution in [3.63, 3.8) is 0 Å². The van der Waals surface area contributed by atoms with Crippen LogP contribution in [0.4, 0.5) is 5.69 Å². The van der Waals surface area contributed by atoms with E-state index >= 15 is 0 Å². The third-order valence-electron chi connectivity index (χ3n) is 4.68. The summed E-state index contributed by atoms with van der Waals surface area (Å²) in [7, 11) is 0. The average molecular weight is 308 g/mol. The minimum Gasteiger partial charge on any atom is -0.381 e. The van der Waals surface area contributed by atoms with E-state index in [4.69, 9.17) is 11.6 Å². The van der Waals surface area contributed by atoms with E-state index in [-0.39, 0.29) is 0 Å². The smallest absolute Gasteiger partial charge is 0.0640 e. The summed E-state index contributed by atoms with van der Waals surface area (Å²) in [5.41, 5.74) is 2.41. The molecule has 0 saturated heterocycles. The van der Waals surface area contributed by atoms with E-state index in [1.807, 2.05) is 12.1 Å². The van der Waals surface area contributed by atoms with Gasteiger partial charge in [0.2, 0.25) is 0 Å². The zero-order chi connectivity index (χ0) is 14.9. The molecule has 0 radical (unpaired) electrons. The van der Waals surface area contributed by atoms with Crippen molar-refractivity contribution in [2.24, 2.45) is 0 Å². The molecule has 1 aliphatic carbocycles. The molecule has 2 rings (SSSR count). The van der Waals surface area contributed by atoms with Gasteiger partial charge in [0.25, 0.3) is 0 Å². The first kappa shape index (κ1) is 16.7. The van der Waals surface area contributed by atoms with Crippen molar-refractivity contribution in [2.45, 2.75) is 83.6 Å². The van der Waals surface area contributed by atoms with Crippen LogP contribution in [0.1, 0.15) is 76.2 Å². The molecular formula is C19H30ClN. The third-order valence-corrected chi connectivity index (χ3v) is 4.99. The fourth-order valence-corrected chi connectivity index (χ4v) is 3.60. The molecule has 0 unspecified atom stereocenters. The van der Waals surface area contributed by atoms with E-state index in [9.17, 15) is 0 Å². The van der Waals surface area contributed by atoms with E-state index in [0.29, 0.717) is 6.04 Å². The summed E-state index contributed by atoms with van der Waals surface area (Å²) in [5.74, 6) is 0. The molecule has 0 aromatic heterocycles. The van der Waals surface area contributed by atoms with Crippen molar-refractivity contribution in [1.29, 1.82) is 0 Å². The number of halogens is 1. The van der Waals surface area contributed by atoms with Gasteiger partial charge in [-0.15, -0.1) is 0 Å². The SMILES string of the molecule is Cc1cccc(Cl)c1NC1CCCCCCCCCCC1. The Hall–Kier alpha value is -0.690. The van der Waals surface area contributed by atoms with Gasteiger partial charge in [0.15, 0.2) is 0 Å². The lowest BCUT2D eigenvalue weighted by molar-refractivity contribution is 0.480. The maximum atomic E-state index is 6.37. The molecule has 1 fully saturated rings. The quantitative estimate of drug-likeness (QED) is 0.638. The predicted molar refractivity (Wildman–Crippen MR) is 94.4 cm³/mol. The van der Waals surface area contributed by atoms with Crippen molar-refractivity contribution < 1.29 is 0 Å². The van der Waals surface area contributed by atoms with Crippen LogP contribution in [0, 0.1) is 6.92 Å². The van der Waals surface area contributed by atoms with Crippen LogP contribution in [0.15, 0.2) is 18.2 Å². The van der Waals surface area contributed by atoms with Crippen molar-refractivity contribution in [3.8, 4) is 0 Å². The largest absolute Gasteiger partial charge is 0.381 e. The van der Waals surface area contributed by atoms with Crippen LogP contribution in [0.5, 0.6) is 0 Å². The first-order valence-electron chi connectivity index (χ1n) is 8.79. The Morgan fingerprint density at radius 2 is 1.38 bits per heavy atom. The van der Waals surface area contributed by atoms with Crippen LogP contribution in [0.25, 0.3) is 0 Å². The molecule has 1 aromatic carbocycles. The number of hydrogen-bond donors (Lipinski definition) is 1. The lowest BCUT2D eigenvalue weighted by atomic mass is 9.97. The Balaban J connectivity index is 1.94. The predicted octanol–water partition coefficient (Wildman–Crippen LogP) is 6.73. The number of aryl methyl sites for hydroxylation is 1. The summed E-state index contributed by atoms with van der Waals surface area (Å²) in [6.45, 7) is 2.14. The molecular weight excluding hydrogens is 278 g/mol. The molecule has 1 nitrogen and oxygen atoms in total. The number of nitrogens with one attached hydrogen (secondary N) is 1. The number of benzene rings is 1. The van der Waals surface area contributed by atoms with Gasteiger partial charge in [-0.2, -0.15) is 0 Å². The van der Waals surface area contributed by atoms with Gasteiger partial charge < -0.3 is 5.32 Å². The number of hydrogen-bond acceptors (Lipinski definition) is 1. The third kappa shape index (κ3) is 5.90. The van der Waals surface area contributed by atoms with E-state index < -0.39 is 0 Å². The summed E-state index contributed by atoms with van der Waals surface area (Å²) in [6, 6.07) is 6.75. The van der Waals surface area contributed by atoms with Gasteiger partial charge >= 0.3 is 0 Å². The van der Waals surface area contributed by atoms with Crippen molar-refractivity contribution in [1.82, 2.24) is 0 Å². The lowest BCUT2D eigenvalue weighted by Crippen LogP contribution is -2.20. The Bertz CT molecular complexity index is 384. The van der Waals surface area contributed by atoms with Gasteiger partial charge in [0, 0.05) is 6.04 Å². The second kappa shape index (κ2) is 9.35. The molecule has 2 heteroatoms. The second-order valence-electron chi connectivity index (χ2n) is 6.53. The molecule has 0 spiro atoms. The highest BCUT2D eigenvalue weighted by molar-refractivity contribution is 6.33. The number of para-hydroxylation sites is 1. The van der Waals surface area contributed by atoms with Crippen LogP contribution in [-0.2, 0) is 0 Å². The summed E-state index contributed by atoms with van der Waals surface area (Å²) >= 11 is 6.37. The summed E-state index contributed by atoms with van der Waals surface area (Å²) < 4.78 is 0. The van der Waals surface area contributed by atoms with Crippen molar-refractivity contribution in [3.05, 3.63) is 28.8 Å². The van der Waals surface area contributed by atoms with E-state index in [1.54, 1.807) is 0 Å². The van der Waals surface area contributed by atoms with Crippen molar-refractivity contribution in [2.75, 3.05) is 5.32 Å². The summed E-state index contributed by atoms with van der Waals surface area (Å²) in [6.07, 6.45) is 15.2. The lowest BCUT2D eigenvalue weighted by Gasteiger charge is -2.22. The second-order valence-corrected chi connectivity index (χ2v) is 6.94. The van der Waals surface area contributed by atoms with Gasteiger partial charge in [-0.05, 0) is 31.4 Å². The van der Waals surface area contributed by atoms with E-state index in [0.717, 1.165) is 10.7 Å². The van der Waals surface area contributed by atoms with Crippen LogP contribution < -0.4 is 5.32 Å². The van der Waals surface area contributed by atoms with E-state index in [2.05, 4.69) is 18.3 Å². The molecule has 21 heavy (non-hydrogen) atoms. The molecule has 0 heterocycles. The van der Waals surface area contributed by atoms with Crippen LogP contribution >= 0.6 is 11.6 Å². The van der Waals surface area contributed by atoms with Crippen LogP contribution in [0.2, 0.25) is 5.02 Å². The first-order valence-corrected chi connectivity index (χ1v) is 9.17. The van der Waals surface area contributed by atoms with Gasteiger partial charge in [-0.1, -0.05) is 81.5 Å². The van der Waals surface area contributed by atoms with Crippen LogP contribution in [-0.4, -0.2) is 6.04 Å². The average Bonchev–Trinajstić information content (AvgIpc) is 2.45. The standard InChI is InChI=1S/C19H30ClN/c1-16-12-11-15-18(20)19(16)21-17-13-9-7-5-3-2-4-6-8-10-14-17/h11-12,15,17,21H,2-10,13-14H2,1H3. The monoisotopic (exact) mass is 307 g/mol. The highest BCUT2D eigenvalue weighted by atomic mass is 35.5. The fraction of sp³-hybridized carbons (Fsp3) is 0.684. The molecule has 0 amide bonds. The fourth-order valence-electron chi connectivity index (χ4n) is 3.33. The highest BCUT2D eigenvalue weighted by Gasteiger charge is 2.12. The number of anilines is 1. The molecule has 1 N–H and O–H groups in total. The van der Waals surface area contributed by atoms with E-state index in [1.165, 1.54) is 76.2 Å². The molecule has 0 bridgehead atoms. The first-order chi connectivity index (χ1) is 10.3. The zero-order valence-corrected chi connectivity index (χ0v) is 14.2. The Labute approximate surface area is 135 Å². The normalized spacial score (nSPS) is 19.5. The molecule has 1 aliphatic rings. The number of rotatable bonds is 2. The minimum absolute atomic E-state index is 0.586. The summed E-state index contributed by atoms with van der Waals surface area (Å²) in [5, 5.41) is 4.60. The zero-order valence-electron chi connectivity index (χ0n) is 13.5. The van der Waals surface area contributed by atoms with Crippen LogP contribution in [0.3, 0.4) is 0 Å². The molecule has 1 aromatic rings. The Morgan fingerprint density at radius 3 is 1.90 bits per heavy atom. The van der Waals surface area contributed by atoms with Gasteiger partial charge in [-0.3, -0.25) is 0 Å². The highest BCUT2D eigenvalue weighted by Crippen LogP contribution is 2.28. The van der Waals surface area contributed by atoms with Gasteiger partial charge in [0.1, 0.15) is 0 Å². The maximum Gasteiger partial charge on any atom is 0.0640 e. The summed E-state index contributed by atoms with van der Waals surface area (Å²) in [4.78, 5) is 0. The van der Waals surface area contributed by atoms with Gasteiger partial charge in [0.05, 0.1) is 10.7 Å². The Kier molecular flexibility index (Phi) is 7.43. The topological polar surface area (TPSA) is 12.0 Å². The molecule has 1 saturated carbocycles. The van der Waals surface area contributed by atoms with Gasteiger partial charge in [-0.25, -0.2) is 0 Å². The molecule has 0 atom stereocenters. The molecule has 0 aliphatic heterocycles. The Morgan fingerprint density at radius 1 is 0.857 bits per heavy atom. The minimum atomic E-state index is 0.586. The maximum absolute atomic E-state index is 6.37. The van der Waals surface area contributed by atoms with Crippen molar-refractivity contribution >= 4 is 17.3 Å². The molecule has 118 valence electrons.